The molecule has 0 fully saturated rings. The number of halogens is 2. The third-order valence-electron chi connectivity index (χ3n) is 1.86. The van der Waals surface area contributed by atoms with Gasteiger partial charge in [0.1, 0.15) is 17.3 Å². The highest BCUT2D eigenvalue weighted by atomic mass is 35.5. The van der Waals surface area contributed by atoms with Crippen molar-refractivity contribution in [2.45, 2.75) is 0 Å². The van der Waals surface area contributed by atoms with Gasteiger partial charge in [0.05, 0.1) is 0 Å². The van der Waals surface area contributed by atoms with Crippen molar-refractivity contribution in [2.24, 2.45) is 0 Å². The van der Waals surface area contributed by atoms with Gasteiger partial charge in [-0.2, -0.15) is 0 Å². The van der Waals surface area contributed by atoms with Gasteiger partial charge in [0.2, 0.25) is 0 Å². The van der Waals surface area contributed by atoms with Crippen LogP contribution in [0.4, 0.5) is 10.2 Å². The Morgan fingerprint density at radius 3 is 2.53 bits per heavy atom. The van der Waals surface area contributed by atoms with Crippen LogP contribution in [-0.2, 0) is 0 Å². The van der Waals surface area contributed by atoms with Crippen molar-refractivity contribution >= 4 is 17.4 Å². The van der Waals surface area contributed by atoms with Crippen LogP contribution in [0.15, 0.2) is 30.6 Å². The van der Waals surface area contributed by atoms with Crippen molar-refractivity contribution in [3.05, 3.63) is 41.4 Å². The van der Waals surface area contributed by atoms with E-state index in [-0.39, 0.29) is 5.82 Å². The molecule has 0 aliphatic rings. The van der Waals surface area contributed by atoms with Gasteiger partial charge >= 0.3 is 0 Å². The van der Waals surface area contributed by atoms with Crippen molar-refractivity contribution in [2.75, 3.05) is 5.73 Å². The molecular formula is C10H7ClFN3. The van der Waals surface area contributed by atoms with Crippen molar-refractivity contribution in [1.29, 1.82) is 0 Å². The minimum atomic E-state index is -0.428. The molecule has 3 nitrogen and oxygen atoms in total. The molecule has 2 rings (SSSR count). The molecule has 0 radical (unpaired) electrons. The smallest absolute Gasteiger partial charge is 0.149 e. The predicted molar refractivity (Wildman–Crippen MR) is 56.8 cm³/mol. The quantitative estimate of drug-likeness (QED) is 0.808. The van der Waals surface area contributed by atoms with E-state index in [9.17, 15) is 4.39 Å². The van der Waals surface area contributed by atoms with Crippen LogP contribution in [0.2, 0.25) is 5.02 Å². The lowest BCUT2D eigenvalue weighted by Gasteiger charge is -2.03. The summed E-state index contributed by atoms with van der Waals surface area (Å²) in [5.41, 5.74) is 6.56. The summed E-state index contributed by atoms with van der Waals surface area (Å²) in [4.78, 5) is 7.88. The molecule has 1 heterocycles. The van der Waals surface area contributed by atoms with Gasteiger partial charge in [-0.25, -0.2) is 9.37 Å². The van der Waals surface area contributed by atoms with Crippen LogP contribution in [0.5, 0.6) is 0 Å². The van der Waals surface area contributed by atoms with Gasteiger partial charge in [-0.1, -0.05) is 11.6 Å². The third-order valence-corrected chi connectivity index (χ3v) is 2.08. The van der Waals surface area contributed by atoms with Gasteiger partial charge in [-0.05, 0) is 18.2 Å². The van der Waals surface area contributed by atoms with Crippen molar-refractivity contribution in [1.82, 2.24) is 9.97 Å². The van der Waals surface area contributed by atoms with Gasteiger partial charge in [0.15, 0.2) is 0 Å². The summed E-state index contributed by atoms with van der Waals surface area (Å²) in [7, 11) is 0. The lowest BCUT2D eigenvalue weighted by atomic mass is 10.1. The summed E-state index contributed by atoms with van der Waals surface area (Å²) in [5, 5.41) is 0.301. The van der Waals surface area contributed by atoms with Crippen LogP contribution in [0.3, 0.4) is 0 Å². The number of aromatic nitrogens is 2. The number of benzene rings is 1. The number of hydrogen-bond donors (Lipinski definition) is 1. The highest BCUT2D eigenvalue weighted by Crippen LogP contribution is 2.25. The zero-order chi connectivity index (χ0) is 10.8. The van der Waals surface area contributed by atoms with E-state index in [1.807, 2.05) is 0 Å². The van der Waals surface area contributed by atoms with Crippen molar-refractivity contribution < 1.29 is 4.39 Å². The van der Waals surface area contributed by atoms with Crippen LogP contribution in [0.25, 0.3) is 11.3 Å². The van der Waals surface area contributed by atoms with Crippen LogP contribution in [-0.4, -0.2) is 9.97 Å². The summed E-state index contributed by atoms with van der Waals surface area (Å²) >= 11 is 5.72. The molecule has 5 heteroatoms. The fourth-order valence-corrected chi connectivity index (χ4v) is 1.48. The Labute approximate surface area is 90.7 Å². The standard InChI is InChI=1S/C10H7ClFN3/c11-7-3-6(4-8(12)5-7)9-10(13)15-2-1-14-9/h1-5H,(H2,13,15). The molecular weight excluding hydrogens is 217 g/mol. The fourth-order valence-electron chi connectivity index (χ4n) is 1.26. The average Bonchev–Trinajstić information content (AvgIpc) is 2.16. The molecule has 2 N–H and O–H groups in total. The Bertz CT molecular complexity index is 482. The first-order valence-electron chi connectivity index (χ1n) is 4.20. The highest BCUT2D eigenvalue weighted by molar-refractivity contribution is 6.30. The lowest BCUT2D eigenvalue weighted by Crippen LogP contribution is -1.96. The summed E-state index contributed by atoms with van der Waals surface area (Å²) in [6.07, 6.45) is 2.96. The number of anilines is 1. The fraction of sp³-hybridized carbons (Fsp3) is 0. The average molecular weight is 224 g/mol. The SMILES string of the molecule is Nc1nccnc1-c1cc(F)cc(Cl)c1. The number of nitrogen functional groups attached to an aromatic ring is 1. The second-order valence-corrected chi connectivity index (χ2v) is 3.38. The summed E-state index contributed by atoms with van der Waals surface area (Å²) in [6.45, 7) is 0. The number of nitrogens with zero attached hydrogens (tertiary/aromatic N) is 2. The topological polar surface area (TPSA) is 51.8 Å². The maximum atomic E-state index is 13.1. The first-order valence-corrected chi connectivity index (χ1v) is 4.57. The summed E-state index contributed by atoms with van der Waals surface area (Å²) in [5.74, 6) is -0.179. The third kappa shape index (κ3) is 2.05. The van der Waals surface area contributed by atoms with E-state index < -0.39 is 5.82 Å². The maximum absolute atomic E-state index is 13.1. The Morgan fingerprint density at radius 1 is 1.13 bits per heavy atom. The molecule has 1 aromatic heterocycles. The van der Waals surface area contributed by atoms with E-state index in [1.54, 1.807) is 6.07 Å². The lowest BCUT2D eigenvalue weighted by molar-refractivity contribution is 0.628. The molecule has 2 aromatic rings. The van der Waals surface area contributed by atoms with E-state index in [0.29, 0.717) is 16.3 Å². The summed E-state index contributed by atoms with van der Waals surface area (Å²) < 4.78 is 13.1. The minimum absolute atomic E-state index is 0.249. The molecule has 15 heavy (non-hydrogen) atoms. The minimum Gasteiger partial charge on any atom is -0.382 e. The molecule has 0 amide bonds. The van der Waals surface area contributed by atoms with Gasteiger partial charge in [0.25, 0.3) is 0 Å². The van der Waals surface area contributed by atoms with Gasteiger partial charge < -0.3 is 5.73 Å². The molecule has 76 valence electrons. The molecule has 0 spiro atoms. The second-order valence-electron chi connectivity index (χ2n) is 2.95. The Morgan fingerprint density at radius 2 is 1.87 bits per heavy atom. The molecule has 0 saturated carbocycles. The Kier molecular flexibility index (Phi) is 2.51. The van der Waals surface area contributed by atoms with Crippen LogP contribution < -0.4 is 5.73 Å². The monoisotopic (exact) mass is 223 g/mol. The van der Waals surface area contributed by atoms with Gasteiger partial charge in [0, 0.05) is 23.0 Å². The van der Waals surface area contributed by atoms with E-state index in [4.69, 9.17) is 17.3 Å². The normalized spacial score (nSPS) is 10.3. The molecule has 0 atom stereocenters. The first-order chi connectivity index (χ1) is 7.16. The molecule has 0 aliphatic carbocycles. The van der Waals surface area contributed by atoms with Gasteiger partial charge in [-0.15, -0.1) is 0 Å². The molecule has 1 aromatic carbocycles. The highest BCUT2D eigenvalue weighted by Gasteiger charge is 2.07. The van der Waals surface area contributed by atoms with Crippen LogP contribution in [0.1, 0.15) is 0 Å². The molecule has 0 aliphatic heterocycles. The largest absolute Gasteiger partial charge is 0.382 e. The van der Waals surface area contributed by atoms with E-state index >= 15 is 0 Å². The zero-order valence-corrected chi connectivity index (χ0v) is 8.37. The predicted octanol–water partition coefficient (Wildman–Crippen LogP) is 2.52. The number of nitrogens with two attached hydrogens (primary N) is 1. The van der Waals surface area contributed by atoms with Crippen molar-refractivity contribution in [3.63, 3.8) is 0 Å². The molecule has 0 bridgehead atoms. The number of rotatable bonds is 1. The van der Waals surface area contributed by atoms with Crippen LogP contribution >= 0.6 is 11.6 Å². The number of hydrogen-bond acceptors (Lipinski definition) is 3. The zero-order valence-electron chi connectivity index (χ0n) is 7.61. The second kappa shape index (κ2) is 3.82. The first kappa shape index (κ1) is 9.86. The van der Waals surface area contributed by atoms with E-state index in [1.165, 1.54) is 24.5 Å². The van der Waals surface area contributed by atoms with Crippen molar-refractivity contribution in [3.8, 4) is 11.3 Å². The van der Waals surface area contributed by atoms with Gasteiger partial charge in [-0.3, -0.25) is 4.98 Å². The molecule has 0 saturated heterocycles. The Hall–Kier alpha value is -1.68. The van der Waals surface area contributed by atoms with E-state index in [2.05, 4.69) is 9.97 Å². The summed E-state index contributed by atoms with van der Waals surface area (Å²) in [6, 6.07) is 4.12. The Balaban J connectivity index is 2.59. The van der Waals surface area contributed by atoms with E-state index in [0.717, 1.165) is 0 Å². The maximum Gasteiger partial charge on any atom is 0.149 e. The molecule has 0 unspecified atom stereocenters. The van der Waals surface area contributed by atoms with Crippen LogP contribution in [0, 0.1) is 5.82 Å².